The van der Waals surface area contributed by atoms with Gasteiger partial charge in [-0.2, -0.15) is 11.8 Å². The molecule has 112 valence electrons. The minimum absolute atomic E-state index is 0.0895. The molecule has 0 bridgehead atoms. The van der Waals surface area contributed by atoms with Crippen molar-refractivity contribution in [1.29, 1.82) is 0 Å². The summed E-state index contributed by atoms with van der Waals surface area (Å²) >= 11 is 3.35. The highest BCUT2D eigenvalue weighted by atomic mass is 32.2. The SMILES string of the molecule is O=S(=O)(NC1CCCSC1)c1csc(CNC2CC2)c1. The van der Waals surface area contributed by atoms with Gasteiger partial charge in [0.15, 0.2) is 0 Å². The largest absolute Gasteiger partial charge is 0.309 e. The molecular weight excluding hydrogens is 312 g/mol. The molecule has 1 unspecified atom stereocenters. The maximum absolute atomic E-state index is 12.3. The van der Waals surface area contributed by atoms with Crippen LogP contribution in [0.25, 0.3) is 0 Å². The highest BCUT2D eigenvalue weighted by molar-refractivity contribution is 7.99. The van der Waals surface area contributed by atoms with Gasteiger partial charge in [0, 0.05) is 34.6 Å². The molecule has 1 saturated carbocycles. The second-order valence-electron chi connectivity index (χ2n) is 5.44. The van der Waals surface area contributed by atoms with E-state index in [0.717, 1.165) is 35.8 Å². The smallest absolute Gasteiger partial charge is 0.241 e. The van der Waals surface area contributed by atoms with Gasteiger partial charge in [0.25, 0.3) is 0 Å². The zero-order valence-electron chi connectivity index (χ0n) is 11.3. The van der Waals surface area contributed by atoms with Gasteiger partial charge in [-0.3, -0.25) is 0 Å². The molecule has 1 atom stereocenters. The van der Waals surface area contributed by atoms with E-state index in [1.165, 1.54) is 24.2 Å². The Balaban J connectivity index is 1.60. The van der Waals surface area contributed by atoms with Crippen molar-refractivity contribution in [3.8, 4) is 0 Å². The number of nitrogens with one attached hydrogen (secondary N) is 2. The predicted molar refractivity (Wildman–Crippen MR) is 84.8 cm³/mol. The molecule has 1 saturated heterocycles. The van der Waals surface area contributed by atoms with Gasteiger partial charge in [-0.05, 0) is 37.5 Å². The fraction of sp³-hybridized carbons (Fsp3) is 0.692. The van der Waals surface area contributed by atoms with Crippen LogP contribution in [0, 0.1) is 0 Å². The lowest BCUT2D eigenvalue weighted by Gasteiger charge is -2.21. The van der Waals surface area contributed by atoms with Crippen LogP contribution in [0.15, 0.2) is 16.3 Å². The molecule has 1 aromatic heterocycles. The van der Waals surface area contributed by atoms with Crippen molar-refractivity contribution in [1.82, 2.24) is 10.0 Å². The maximum atomic E-state index is 12.3. The van der Waals surface area contributed by atoms with Crippen LogP contribution in [0.4, 0.5) is 0 Å². The summed E-state index contributed by atoms with van der Waals surface area (Å²) < 4.78 is 27.5. The average Bonchev–Trinajstić information content (AvgIpc) is 3.13. The lowest BCUT2D eigenvalue weighted by Crippen LogP contribution is -2.38. The normalized spacial score (nSPS) is 23.9. The molecule has 2 fully saturated rings. The minimum atomic E-state index is -3.34. The van der Waals surface area contributed by atoms with Crippen molar-refractivity contribution in [2.75, 3.05) is 11.5 Å². The van der Waals surface area contributed by atoms with Gasteiger partial charge >= 0.3 is 0 Å². The summed E-state index contributed by atoms with van der Waals surface area (Å²) in [4.78, 5) is 1.51. The Morgan fingerprint density at radius 1 is 1.25 bits per heavy atom. The van der Waals surface area contributed by atoms with E-state index in [2.05, 4.69) is 10.0 Å². The Morgan fingerprint density at radius 3 is 2.80 bits per heavy atom. The van der Waals surface area contributed by atoms with Gasteiger partial charge in [0.1, 0.15) is 0 Å². The average molecular weight is 333 g/mol. The number of rotatable bonds is 6. The van der Waals surface area contributed by atoms with Crippen molar-refractivity contribution in [2.24, 2.45) is 0 Å². The lowest BCUT2D eigenvalue weighted by atomic mass is 10.2. The third-order valence-electron chi connectivity index (χ3n) is 3.56. The van der Waals surface area contributed by atoms with E-state index in [9.17, 15) is 8.42 Å². The monoisotopic (exact) mass is 332 g/mol. The molecule has 4 nitrogen and oxygen atoms in total. The van der Waals surface area contributed by atoms with Crippen LogP contribution >= 0.6 is 23.1 Å². The first-order valence-corrected chi connectivity index (χ1v) is 10.6. The third-order valence-corrected chi connectivity index (χ3v) is 7.37. The van der Waals surface area contributed by atoms with E-state index >= 15 is 0 Å². The number of thioether (sulfide) groups is 1. The standard InChI is InChI=1S/C13H20N2O2S3/c16-20(17,15-11-2-1-5-18-8-11)13-6-12(19-9-13)7-14-10-3-4-10/h6,9-11,14-15H,1-5,7-8H2. The van der Waals surface area contributed by atoms with Gasteiger partial charge in [-0.1, -0.05) is 0 Å². The summed E-state index contributed by atoms with van der Waals surface area (Å²) in [5.74, 6) is 2.03. The van der Waals surface area contributed by atoms with Crippen LogP contribution in [0.5, 0.6) is 0 Å². The van der Waals surface area contributed by atoms with Crippen LogP contribution in [0.1, 0.15) is 30.6 Å². The number of thiophene rings is 1. The Kier molecular flexibility index (Phi) is 4.72. The Morgan fingerprint density at radius 2 is 2.10 bits per heavy atom. The summed E-state index contributed by atoms with van der Waals surface area (Å²) in [5.41, 5.74) is 0. The van der Waals surface area contributed by atoms with E-state index in [0.29, 0.717) is 10.9 Å². The van der Waals surface area contributed by atoms with E-state index < -0.39 is 10.0 Å². The van der Waals surface area contributed by atoms with E-state index in [1.54, 1.807) is 11.4 Å². The van der Waals surface area contributed by atoms with Crippen molar-refractivity contribution in [3.05, 3.63) is 16.3 Å². The Hall–Kier alpha value is -0.0800. The first-order valence-electron chi connectivity index (χ1n) is 7.04. The predicted octanol–water partition coefficient (Wildman–Crippen LogP) is 2.17. The molecule has 7 heteroatoms. The van der Waals surface area contributed by atoms with Gasteiger partial charge in [-0.15, -0.1) is 11.3 Å². The molecule has 0 amide bonds. The lowest BCUT2D eigenvalue weighted by molar-refractivity contribution is 0.543. The van der Waals surface area contributed by atoms with E-state index in [-0.39, 0.29) is 6.04 Å². The quantitative estimate of drug-likeness (QED) is 0.838. The molecule has 0 radical (unpaired) electrons. The fourth-order valence-electron chi connectivity index (χ4n) is 2.25. The highest BCUT2D eigenvalue weighted by Crippen LogP contribution is 2.24. The van der Waals surface area contributed by atoms with Gasteiger partial charge in [0.05, 0.1) is 4.90 Å². The van der Waals surface area contributed by atoms with Crippen LogP contribution in [-0.2, 0) is 16.6 Å². The van der Waals surface area contributed by atoms with Crippen LogP contribution in [0.2, 0.25) is 0 Å². The summed E-state index contributed by atoms with van der Waals surface area (Å²) in [6, 6.07) is 2.54. The van der Waals surface area contributed by atoms with Crippen molar-refractivity contribution < 1.29 is 8.42 Å². The Labute approximate surface area is 128 Å². The molecule has 0 spiro atoms. The third kappa shape index (κ3) is 3.98. The minimum Gasteiger partial charge on any atom is -0.309 e. The molecule has 1 aliphatic heterocycles. The maximum Gasteiger partial charge on any atom is 0.241 e. The van der Waals surface area contributed by atoms with Crippen molar-refractivity contribution >= 4 is 33.1 Å². The van der Waals surface area contributed by atoms with E-state index in [1.807, 2.05) is 11.8 Å². The van der Waals surface area contributed by atoms with Crippen molar-refractivity contribution in [3.63, 3.8) is 0 Å². The number of sulfonamides is 1. The molecule has 3 rings (SSSR count). The summed E-state index contributed by atoms with van der Waals surface area (Å²) in [5, 5.41) is 5.16. The zero-order chi connectivity index (χ0) is 14.0. The second kappa shape index (κ2) is 6.36. The topological polar surface area (TPSA) is 58.2 Å². The van der Waals surface area contributed by atoms with Gasteiger partial charge in [-0.25, -0.2) is 13.1 Å². The van der Waals surface area contributed by atoms with Gasteiger partial charge < -0.3 is 5.32 Å². The molecule has 0 aromatic carbocycles. The van der Waals surface area contributed by atoms with Gasteiger partial charge in [0.2, 0.25) is 10.0 Å². The summed E-state index contributed by atoms with van der Waals surface area (Å²) in [7, 11) is -3.34. The molecule has 1 aliphatic carbocycles. The summed E-state index contributed by atoms with van der Waals surface area (Å²) in [6.45, 7) is 0.782. The first kappa shape index (κ1) is 14.8. The molecule has 2 N–H and O–H groups in total. The molecule has 2 aliphatic rings. The number of hydrogen-bond acceptors (Lipinski definition) is 5. The van der Waals surface area contributed by atoms with Crippen LogP contribution in [0.3, 0.4) is 0 Å². The fourth-order valence-corrected chi connectivity index (χ4v) is 5.92. The molecular formula is C13H20N2O2S3. The van der Waals surface area contributed by atoms with E-state index in [4.69, 9.17) is 0 Å². The Bertz CT molecular complexity index is 546. The van der Waals surface area contributed by atoms with Crippen LogP contribution in [-0.4, -0.2) is 32.0 Å². The zero-order valence-corrected chi connectivity index (χ0v) is 13.7. The number of hydrogen-bond donors (Lipinski definition) is 2. The first-order chi connectivity index (χ1) is 9.63. The molecule has 20 heavy (non-hydrogen) atoms. The van der Waals surface area contributed by atoms with Crippen molar-refractivity contribution in [2.45, 2.75) is 49.2 Å². The molecule has 2 heterocycles. The van der Waals surface area contributed by atoms with Crippen LogP contribution < -0.4 is 10.0 Å². The molecule has 1 aromatic rings. The second-order valence-corrected chi connectivity index (χ2v) is 9.30. The summed E-state index contributed by atoms with van der Waals surface area (Å²) in [6.07, 6.45) is 4.54. The highest BCUT2D eigenvalue weighted by Gasteiger charge is 2.24.